The van der Waals surface area contributed by atoms with Gasteiger partial charge in [-0.05, 0) is 37.1 Å². The van der Waals surface area contributed by atoms with Crippen LogP contribution in [-0.4, -0.2) is 25.1 Å². The summed E-state index contributed by atoms with van der Waals surface area (Å²) in [7, 11) is 0. The van der Waals surface area contributed by atoms with Gasteiger partial charge in [0.2, 0.25) is 0 Å². The number of benzene rings is 3. The molecule has 4 rings (SSSR count). The molecular formula is C26H27NO5. The Kier molecular flexibility index (Phi) is 6.30. The number of hydrogen-bond acceptors (Lipinski definition) is 5. The predicted molar refractivity (Wildman–Crippen MR) is 124 cm³/mol. The molecular weight excluding hydrogens is 406 g/mol. The van der Waals surface area contributed by atoms with Gasteiger partial charge in [0.05, 0.1) is 25.3 Å². The Morgan fingerprint density at radius 2 is 1.50 bits per heavy atom. The molecule has 0 radical (unpaired) electrons. The van der Waals surface area contributed by atoms with E-state index < -0.39 is 0 Å². The molecule has 1 amide bonds. The highest BCUT2D eigenvalue weighted by Gasteiger charge is 2.36. The van der Waals surface area contributed by atoms with Crippen LogP contribution in [0.4, 0.5) is 5.69 Å². The summed E-state index contributed by atoms with van der Waals surface area (Å²) in [6, 6.07) is 14.8. The lowest BCUT2D eigenvalue weighted by atomic mass is 9.99. The van der Waals surface area contributed by atoms with Crippen LogP contribution in [0, 0.1) is 0 Å². The molecule has 0 aliphatic carbocycles. The maximum absolute atomic E-state index is 13.6. The van der Waals surface area contributed by atoms with Gasteiger partial charge in [0.25, 0.3) is 5.91 Å². The van der Waals surface area contributed by atoms with Crippen LogP contribution in [-0.2, 0) is 11.3 Å². The Balaban J connectivity index is 1.82. The van der Waals surface area contributed by atoms with Crippen LogP contribution in [0.2, 0.25) is 0 Å². The minimum Gasteiger partial charge on any atom is -0.493 e. The van der Waals surface area contributed by atoms with E-state index in [1.54, 1.807) is 29.2 Å². The summed E-state index contributed by atoms with van der Waals surface area (Å²) < 4.78 is 17.4. The van der Waals surface area contributed by atoms with Gasteiger partial charge in [-0.25, -0.2) is 0 Å². The molecule has 1 aliphatic rings. The molecule has 1 aliphatic heterocycles. The number of nitrogens with zero attached hydrogens (tertiary/aromatic N) is 1. The van der Waals surface area contributed by atoms with E-state index >= 15 is 0 Å². The zero-order valence-electron chi connectivity index (χ0n) is 18.6. The van der Waals surface area contributed by atoms with Gasteiger partial charge in [0, 0.05) is 28.9 Å². The third kappa shape index (κ3) is 4.00. The summed E-state index contributed by atoms with van der Waals surface area (Å²) in [6.07, 6.45) is 1.71. The molecule has 0 saturated heterocycles. The van der Waals surface area contributed by atoms with E-state index in [0.29, 0.717) is 42.5 Å². The molecule has 3 aromatic carbocycles. The number of carbonyl (C=O) groups is 2. The fourth-order valence-electron chi connectivity index (χ4n) is 3.96. The third-order valence-corrected chi connectivity index (χ3v) is 5.31. The van der Waals surface area contributed by atoms with Crippen molar-refractivity contribution in [2.24, 2.45) is 0 Å². The van der Waals surface area contributed by atoms with Gasteiger partial charge in [0.1, 0.15) is 17.2 Å². The van der Waals surface area contributed by atoms with Gasteiger partial charge in [-0.1, -0.05) is 38.1 Å². The molecule has 0 saturated carbocycles. The van der Waals surface area contributed by atoms with E-state index in [1.807, 2.05) is 31.2 Å². The van der Waals surface area contributed by atoms with Gasteiger partial charge in [-0.3, -0.25) is 9.59 Å². The molecule has 0 atom stereocenters. The largest absolute Gasteiger partial charge is 0.493 e. The molecule has 0 unspecified atom stereocenters. The summed E-state index contributed by atoms with van der Waals surface area (Å²) in [5.74, 6) is 1.29. The van der Waals surface area contributed by atoms with Gasteiger partial charge in [-0.15, -0.1) is 0 Å². The molecule has 166 valence electrons. The molecule has 6 nitrogen and oxygen atoms in total. The smallest absolute Gasteiger partial charge is 0.308 e. The average Bonchev–Trinajstić information content (AvgIpc) is 3.13. The highest BCUT2D eigenvalue weighted by molar-refractivity contribution is 6.16. The van der Waals surface area contributed by atoms with E-state index in [-0.39, 0.29) is 11.9 Å². The van der Waals surface area contributed by atoms with Gasteiger partial charge >= 0.3 is 5.97 Å². The summed E-state index contributed by atoms with van der Waals surface area (Å²) in [4.78, 5) is 26.5. The van der Waals surface area contributed by atoms with E-state index in [4.69, 9.17) is 14.2 Å². The number of carbonyl (C=O) groups excluding carboxylic acids is 2. The molecule has 32 heavy (non-hydrogen) atoms. The Morgan fingerprint density at radius 1 is 0.906 bits per heavy atom. The summed E-state index contributed by atoms with van der Waals surface area (Å²) >= 11 is 0. The number of esters is 1. The van der Waals surface area contributed by atoms with Crippen molar-refractivity contribution < 1.29 is 23.8 Å². The number of amides is 1. The first-order chi connectivity index (χ1) is 15.5. The van der Waals surface area contributed by atoms with Gasteiger partial charge < -0.3 is 19.1 Å². The molecule has 0 spiro atoms. The zero-order valence-corrected chi connectivity index (χ0v) is 18.6. The Morgan fingerprint density at radius 3 is 2.09 bits per heavy atom. The van der Waals surface area contributed by atoms with Crippen molar-refractivity contribution >= 4 is 28.3 Å². The lowest BCUT2D eigenvalue weighted by Crippen LogP contribution is -2.23. The van der Waals surface area contributed by atoms with Gasteiger partial charge in [0.15, 0.2) is 0 Å². The second-order valence-corrected chi connectivity index (χ2v) is 7.73. The molecule has 0 aromatic heterocycles. The van der Waals surface area contributed by atoms with Crippen molar-refractivity contribution in [2.75, 3.05) is 18.1 Å². The number of fused-ring (bicyclic) bond motifs is 2. The molecule has 6 heteroatoms. The Bertz CT molecular complexity index is 1150. The van der Waals surface area contributed by atoms with E-state index in [0.717, 1.165) is 34.9 Å². The predicted octanol–water partition coefficient (Wildman–Crippen LogP) is 5.50. The van der Waals surface area contributed by atoms with Crippen molar-refractivity contribution in [3.8, 4) is 17.2 Å². The minimum atomic E-state index is -0.385. The van der Waals surface area contributed by atoms with Crippen LogP contribution in [0.1, 0.15) is 49.5 Å². The molecule has 0 fully saturated rings. The number of anilines is 1. The summed E-state index contributed by atoms with van der Waals surface area (Å²) in [5, 5.41) is 1.83. The first kappa shape index (κ1) is 21.7. The Hall–Kier alpha value is -3.54. The highest BCUT2D eigenvalue weighted by Crippen LogP contribution is 2.46. The second-order valence-electron chi connectivity index (χ2n) is 7.73. The monoisotopic (exact) mass is 433 g/mol. The first-order valence-electron chi connectivity index (χ1n) is 11.0. The van der Waals surface area contributed by atoms with Crippen molar-refractivity contribution in [1.29, 1.82) is 0 Å². The number of hydrogen-bond donors (Lipinski definition) is 0. The van der Waals surface area contributed by atoms with E-state index in [2.05, 4.69) is 6.92 Å². The molecule has 3 aromatic rings. The first-order valence-corrected chi connectivity index (χ1v) is 11.0. The summed E-state index contributed by atoms with van der Waals surface area (Å²) in [5.41, 5.74) is 2.12. The third-order valence-electron chi connectivity index (χ3n) is 5.31. The van der Waals surface area contributed by atoms with E-state index in [9.17, 15) is 9.59 Å². The van der Waals surface area contributed by atoms with Crippen LogP contribution in [0.3, 0.4) is 0 Å². The molecule has 1 heterocycles. The quantitative estimate of drug-likeness (QED) is 0.347. The van der Waals surface area contributed by atoms with Crippen LogP contribution in [0.15, 0.2) is 48.5 Å². The fraction of sp³-hybridized carbons (Fsp3) is 0.308. The minimum absolute atomic E-state index is 0.126. The number of rotatable bonds is 8. The maximum Gasteiger partial charge on any atom is 0.308 e. The second kappa shape index (κ2) is 9.30. The molecule has 0 N–H and O–H groups in total. The van der Waals surface area contributed by atoms with Crippen molar-refractivity contribution in [1.82, 2.24) is 0 Å². The van der Waals surface area contributed by atoms with Crippen LogP contribution >= 0.6 is 0 Å². The standard InChI is InChI=1S/C26H27NO5/c1-4-14-30-24-20-8-6-7-9-21(20)25(31-15-5-2)23-22(24)16-27(26(23)29)18-10-12-19(13-11-18)32-17(3)28/h6-13H,4-5,14-16H2,1-3H3. The van der Waals surface area contributed by atoms with Gasteiger partial charge in [-0.2, -0.15) is 0 Å². The van der Waals surface area contributed by atoms with Crippen molar-refractivity contribution in [2.45, 2.75) is 40.2 Å². The zero-order chi connectivity index (χ0) is 22.7. The maximum atomic E-state index is 13.6. The topological polar surface area (TPSA) is 65.1 Å². The fourth-order valence-corrected chi connectivity index (χ4v) is 3.96. The highest BCUT2D eigenvalue weighted by atomic mass is 16.5. The Labute approximate surface area is 187 Å². The average molecular weight is 434 g/mol. The van der Waals surface area contributed by atoms with Crippen LogP contribution < -0.4 is 19.1 Å². The van der Waals surface area contributed by atoms with E-state index in [1.165, 1.54) is 6.92 Å². The van der Waals surface area contributed by atoms with Crippen molar-refractivity contribution in [3.63, 3.8) is 0 Å². The van der Waals surface area contributed by atoms with Crippen LogP contribution in [0.25, 0.3) is 10.8 Å². The normalized spacial score (nSPS) is 12.7. The number of ether oxygens (including phenoxy) is 3. The lowest BCUT2D eigenvalue weighted by Gasteiger charge is -2.17. The van der Waals surface area contributed by atoms with Crippen molar-refractivity contribution in [3.05, 3.63) is 59.7 Å². The van der Waals surface area contributed by atoms with Crippen LogP contribution in [0.5, 0.6) is 17.2 Å². The SMILES string of the molecule is CCCOc1c2c(c(OCCC)c3ccccc13)C(=O)N(c1ccc(OC(C)=O)cc1)C2. The summed E-state index contributed by atoms with van der Waals surface area (Å²) in [6.45, 7) is 6.93. The lowest BCUT2D eigenvalue weighted by molar-refractivity contribution is -0.131. The molecule has 0 bridgehead atoms.